The van der Waals surface area contributed by atoms with E-state index in [0.717, 1.165) is 0 Å². The Morgan fingerprint density at radius 2 is 1.95 bits per heavy atom. The van der Waals surface area contributed by atoms with Crippen LogP contribution in [0.1, 0.15) is 26.2 Å². The standard InChI is InChI=1S/C14H21NO4S/c1-14(16)8-5-10-15(11-9-14)20(17,18)13-7-4-3-6-12(13)19-2/h3-4,6-7,16H,5,8-11H2,1-2H3. The van der Waals surface area contributed by atoms with Gasteiger partial charge in [-0.15, -0.1) is 0 Å². The van der Waals surface area contributed by atoms with E-state index >= 15 is 0 Å². The second kappa shape index (κ2) is 5.71. The van der Waals surface area contributed by atoms with Crippen molar-refractivity contribution in [1.29, 1.82) is 0 Å². The molecule has 20 heavy (non-hydrogen) atoms. The Morgan fingerprint density at radius 1 is 1.25 bits per heavy atom. The van der Waals surface area contributed by atoms with Crippen LogP contribution in [0.4, 0.5) is 0 Å². The molecule has 1 aromatic rings. The number of methoxy groups -OCH3 is 1. The number of benzene rings is 1. The van der Waals surface area contributed by atoms with Crippen molar-refractivity contribution in [2.45, 2.75) is 36.7 Å². The zero-order chi connectivity index (χ0) is 14.8. The van der Waals surface area contributed by atoms with Gasteiger partial charge in [-0.25, -0.2) is 8.42 Å². The lowest BCUT2D eigenvalue weighted by Gasteiger charge is -2.23. The number of sulfonamides is 1. The van der Waals surface area contributed by atoms with Crippen molar-refractivity contribution < 1.29 is 18.3 Å². The smallest absolute Gasteiger partial charge is 0.246 e. The van der Waals surface area contributed by atoms with Gasteiger partial charge in [-0.2, -0.15) is 4.31 Å². The molecule has 112 valence electrons. The molecule has 5 nitrogen and oxygen atoms in total. The van der Waals surface area contributed by atoms with Gasteiger partial charge in [-0.3, -0.25) is 0 Å². The van der Waals surface area contributed by atoms with Crippen molar-refractivity contribution in [3.8, 4) is 5.75 Å². The summed E-state index contributed by atoms with van der Waals surface area (Å²) in [6.07, 6.45) is 1.72. The highest BCUT2D eigenvalue weighted by atomic mass is 32.2. The molecule has 1 N–H and O–H groups in total. The van der Waals surface area contributed by atoms with Gasteiger partial charge in [-0.05, 0) is 38.3 Å². The van der Waals surface area contributed by atoms with Crippen LogP contribution in [0.2, 0.25) is 0 Å². The Labute approximate surface area is 120 Å². The summed E-state index contributed by atoms with van der Waals surface area (Å²) in [5, 5.41) is 10.1. The molecule has 1 heterocycles. The molecule has 0 aromatic heterocycles. The van der Waals surface area contributed by atoms with Crippen LogP contribution >= 0.6 is 0 Å². The average molecular weight is 299 g/mol. The number of hydrogen-bond acceptors (Lipinski definition) is 4. The summed E-state index contributed by atoms with van der Waals surface area (Å²) >= 11 is 0. The van der Waals surface area contributed by atoms with Crippen LogP contribution in [0.3, 0.4) is 0 Å². The molecule has 0 spiro atoms. The molecule has 0 radical (unpaired) electrons. The van der Waals surface area contributed by atoms with Gasteiger partial charge in [0.15, 0.2) is 0 Å². The molecule has 6 heteroatoms. The van der Waals surface area contributed by atoms with Crippen LogP contribution in [-0.4, -0.2) is 43.6 Å². The Hall–Kier alpha value is -1.11. The molecule has 1 unspecified atom stereocenters. The molecule has 0 amide bonds. The van der Waals surface area contributed by atoms with E-state index in [4.69, 9.17) is 4.74 Å². The van der Waals surface area contributed by atoms with Crippen LogP contribution < -0.4 is 4.74 Å². The summed E-state index contributed by atoms with van der Waals surface area (Å²) in [4.78, 5) is 0.184. The predicted molar refractivity (Wildman–Crippen MR) is 76.2 cm³/mol. The Balaban J connectivity index is 2.30. The minimum Gasteiger partial charge on any atom is -0.495 e. The molecule has 1 atom stereocenters. The lowest BCUT2D eigenvalue weighted by atomic mass is 9.98. The van der Waals surface area contributed by atoms with Crippen LogP contribution in [0, 0.1) is 0 Å². The van der Waals surface area contributed by atoms with E-state index < -0.39 is 15.6 Å². The van der Waals surface area contributed by atoms with Gasteiger partial charge in [0.2, 0.25) is 10.0 Å². The molecule has 1 fully saturated rings. The van der Waals surface area contributed by atoms with Gasteiger partial charge in [-0.1, -0.05) is 12.1 Å². The summed E-state index contributed by atoms with van der Waals surface area (Å²) < 4.78 is 32.0. The van der Waals surface area contributed by atoms with Crippen LogP contribution in [0.5, 0.6) is 5.75 Å². The van der Waals surface area contributed by atoms with E-state index in [0.29, 0.717) is 38.1 Å². The Bertz CT molecular complexity index is 568. The van der Waals surface area contributed by atoms with Crippen LogP contribution in [0.15, 0.2) is 29.2 Å². The Kier molecular flexibility index (Phi) is 4.36. The van der Waals surface area contributed by atoms with E-state index in [1.54, 1.807) is 31.2 Å². The van der Waals surface area contributed by atoms with Crippen molar-refractivity contribution >= 4 is 10.0 Å². The second-order valence-corrected chi connectivity index (χ2v) is 7.31. The number of hydrogen-bond donors (Lipinski definition) is 1. The molecule has 1 aliphatic rings. The highest BCUT2D eigenvalue weighted by Gasteiger charge is 2.32. The maximum absolute atomic E-state index is 12.7. The van der Waals surface area contributed by atoms with Gasteiger partial charge >= 0.3 is 0 Å². The molecule has 0 bridgehead atoms. The highest BCUT2D eigenvalue weighted by molar-refractivity contribution is 7.89. The fraction of sp³-hybridized carbons (Fsp3) is 0.571. The van der Waals surface area contributed by atoms with E-state index in [1.165, 1.54) is 11.4 Å². The van der Waals surface area contributed by atoms with Gasteiger partial charge in [0, 0.05) is 13.1 Å². The quantitative estimate of drug-likeness (QED) is 0.921. The molecular weight excluding hydrogens is 278 g/mol. The van der Waals surface area contributed by atoms with Crippen molar-refractivity contribution in [2.75, 3.05) is 20.2 Å². The molecule has 1 aliphatic heterocycles. The monoisotopic (exact) mass is 299 g/mol. The number of rotatable bonds is 3. The van der Waals surface area contributed by atoms with Crippen molar-refractivity contribution in [1.82, 2.24) is 4.31 Å². The number of ether oxygens (including phenoxy) is 1. The van der Waals surface area contributed by atoms with Gasteiger partial charge < -0.3 is 9.84 Å². The highest BCUT2D eigenvalue weighted by Crippen LogP contribution is 2.29. The maximum Gasteiger partial charge on any atom is 0.246 e. The first-order valence-electron chi connectivity index (χ1n) is 6.72. The zero-order valence-corrected chi connectivity index (χ0v) is 12.7. The third kappa shape index (κ3) is 3.13. The van der Waals surface area contributed by atoms with Crippen LogP contribution in [0.25, 0.3) is 0 Å². The first-order valence-corrected chi connectivity index (χ1v) is 8.16. The van der Waals surface area contributed by atoms with E-state index in [2.05, 4.69) is 0 Å². The van der Waals surface area contributed by atoms with E-state index in [1.807, 2.05) is 0 Å². The zero-order valence-electron chi connectivity index (χ0n) is 11.9. The second-order valence-electron chi connectivity index (χ2n) is 5.41. The number of para-hydroxylation sites is 1. The van der Waals surface area contributed by atoms with Crippen molar-refractivity contribution in [3.05, 3.63) is 24.3 Å². The van der Waals surface area contributed by atoms with Gasteiger partial charge in [0.25, 0.3) is 0 Å². The molecule has 1 saturated heterocycles. The fourth-order valence-corrected chi connectivity index (χ4v) is 4.09. The average Bonchev–Trinajstić information content (AvgIpc) is 2.60. The topological polar surface area (TPSA) is 66.8 Å². The van der Waals surface area contributed by atoms with Crippen LogP contribution in [-0.2, 0) is 10.0 Å². The molecule has 0 aliphatic carbocycles. The first-order chi connectivity index (χ1) is 9.37. The largest absolute Gasteiger partial charge is 0.495 e. The number of aliphatic hydroxyl groups is 1. The minimum atomic E-state index is -3.58. The van der Waals surface area contributed by atoms with Gasteiger partial charge in [0.1, 0.15) is 10.6 Å². The fourth-order valence-electron chi connectivity index (χ4n) is 2.45. The SMILES string of the molecule is COc1ccccc1S(=O)(=O)N1CCCC(C)(O)CC1. The minimum absolute atomic E-state index is 0.184. The number of nitrogens with zero attached hydrogens (tertiary/aromatic N) is 1. The molecule has 1 aromatic carbocycles. The summed E-state index contributed by atoms with van der Waals surface area (Å²) in [5.74, 6) is 0.350. The normalized spacial score (nSPS) is 25.1. The predicted octanol–water partition coefficient (Wildman–Crippen LogP) is 1.62. The van der Waals surface area contributed by atoms with E-state index in [9.17, 15) is 13.5 Å². The lowest BCUT2D eigenvalue weighted by molar-refractivity contribution is 0.0465. The summed E-state index contributed by atoms with van der Waals surface area (Å²) in [5.41, 5.74) is -0.787. The first kappa shape index (κ1) is 15.3. The van der Waals surface area contributed by atoms with Crippen molar-refractivity contribution in [3.63, 3.8) is 0 Å². The van der Waals surface area contributed by atoms with Crippen molar-refractivity contribution in [2.24, 2.45) is 0 Å². The van der Waals surface area contributed by atoms with Gasteiger partial charge in [0.05, 0.1) is 12.7 Å². The van der Waals surface area contributed by atoms with E-state index in [-0.39, 0.29) is 4.90 Å². The third-order valence-corrected chi connectivity index (χ3v) is 5.65. The maximum atomic E-state index is 12.7. The third-order valence-electron chi connectivity index (χ3n) is 3.71. The summed E-state index contributed by atoms with van der Waals surface area (Å²) in [7, 11) is -2.12. The summed E-state index contributed by atoms with van der Waals surface area (Å²) in [6.45, 7) is 2.51. The summed E-state index contributed by atoms with van der Waals surface area (Å²) in [6, 6.07) is 6.62. The molecule has 0 saturated carbocycles. The Morgan fingerprint density at radius 3 is 2.65 bits per heavy atom. The molecule has 2 rings (SSSR count). The molecular formula is C14H21NO4S. The lowest BCUT2D eigenvalue weighted by Crippen LogP contribution is -2.33.